The fourth-order valence-corrected chi connectivity index (χ4v) is 4.15. The Bertz CT molecular complexity index is 1780. The highest BCUT2D eigenvalue weighted by atomic mass is 19.1. The maximum atomic E-state index is 15.8. The highest BCUT2D eigenvalue weighted by Gasteiger charge is 2.25. The number of rotatable bonds is 4. The first-order valence-electron chi connectivity index (χ1n) is 10.9. The molecule has 0 aliphatic carbocycles. The number of benzene rings is 1. The van der Waals surface area contributed by atoms with Crippen molar-refractivity contribution in [2.24, 2.45) is 7.05 Å². The normalized spacial score (nSPS) is 12.5. The zero-order valence-corrected chi connectivity index (χ0v) is 18.9. The molecule has 0 amide bonds. The molecular weight excluding hydrogens is 471 g/mol. The molecule has 36 heavy (non-hydrogen) atoms. The average Bonchev–Trinajstić information content (AvgIpc) is 3.50. The van der Waals surface area contributed by atoms with E-state index in [1.54, 1.807) is 49.4 Å². The molecule has 1 unspecified atom stereocenters. The molecule has 5 aromatic heterocycles. The van der Waals surface area contributed by atoms with Crippen LogP contribution < -0.4 is 0 Å². The third-order valence-corrected chi connectivity index (χ3v) is 5.96. The molecule has 0 saturated heterocycles. The molecule has 5 heterocycles. The number of pyridine rings is 2. The van der Waals surface area contributed by atoms with Crippen LogP contribution >= 0.6 is 0 Å². The fraction of sp³-hybridized carbons (Fsp3) is 0.125. The summed E-state index contributed by atoms with van der Waals surface area (Å²) in [4.78, 5) is 16.5. The van der Waals surface area contributed by atoms with E-state index in [-0.39, 0.29) is 39.0 Å². The van der Waals surface area contributed by atoms with Crippen molar-refractivity contribution in [1.29, 1.82) is 0 Å². The summed E-state index contributed by atoms with van der Waals surface area (Å²) in [5.41, 5.74) is 1.93. The Labute approximate surface area is 201 Å². The second-order valence-electron chi connectivity index (χ2n) is 8.23. The average molecular weight is 487 g/mol. The van der Waals surface area contributed by atoms with E-state index in [2.05, 4.69) is 35.3 Å². The maximum Gasteiger partial charge on any atom is 0.222 e. The van der Waals surface area contributed by atoms with Gasteiger partial charge in [-0.05, 0) is 25.1 Å². The molecule has 1 atom stereocenters. The SMILES string of the molecule is CC(c1c(F)cc2ncc(-c3cnn(C)c3)cc2c1F)n1nnc2ncc(-c3cccnc3F)nc21. The van der Waals surface area contributed by atoms with Gasteiger partial charge < -0.3 is 0 Å². The first-order valence-corrected chi connectivity index (χ1v) is 10.9. The number of aromatic nitrogens is 9. The van der Waals surface area contributed by atoms with Crippen LogP contribution in [0.3, 0.4) is 0 Å². The molecule has 0 radical (unpaired) electrons. The molecule has 9 nitrogen and oxygen atoms in total. The number of nitrogens with zero attached hydrogens (tertiary/aromatic N) is 9. The molecular formula is C24H16F3N9. The van der Waals surface area contributed by atoms with Crippen molar-refractivity contribution in [3.8, 4) is 22.4 Å². The van der Waals surface area contributed by atoms with Crippen molar-refractivity contribution >= 4 is 22.2 Å². The molecule has 0 aliphatic rings. The zero-order valence-electron chi connectivity index (χ0n) is 18.9. The number of fused-ring (bicyclic) bond motifs is 2. The number of aryl methyl sites for hydroxylation is 1. The van der Waals surface area contributed by atoms with Crippen LogP contribution in [-0.2, 0) is 7.05 Å². The van der Waals surface area contributed by atoms with Gasteiger partial charge in [-0.25, -0.2) is 28.4 Å². The van der Waals surface area contributed by atoms with Gasteiger partial charge in [-0.15, -0.1) is 5.10 Å². The molecule has 6 rings (SSSR count). The third-order valence-electron chi connectivity index (χ3n) is 5.96. The largest absolute Gasteiger partial charge is 0.275 e. The van der Waals surface area contributed by atoms with E-state index >= 15 is 8.78 Å². The molecule has 6 aromatic rings. The predicted molar refractivity (Wildman–Crippen MR) is 124 cm³/mol. The van der Waals surface area contributed by atoms with Crippen molar-refractivity contribution < 1.29 is 13.2 Å². The highest BCUT2D eigenvalue weighted by molar-refractivity contribution is 5.85. The predicted octanol–water partition coefficient (Wildman–Crippen LogP) is 4.26. The molecule has 178 valence electrons. The second-order valence-corrected chi connectivity index (χ2v) is 8.23. The monoisotopic (exact) mass is 487 g/mol. The third kappa shape index (κ3) is 3.45. The van der Waals surface area contributed by atoms with Crippen molar-refractivity contribution in [2.75, 3.05) is 0 Å². The molecule has 0 saturated carbocycles. The van der Waals surface area contributed by atoms with Crippen molar-refractivity contribution in [3.63, 3.8) is 0 Å². The van der Waals surface area contributed by atoms with Crippen LogP contribution in [0.4, 0.5) is 13.2 Å². The summed E-state index contributed by atoms with van der Waals surface area (Å²) in [6.45, 7) is 1.57. The van der Waals surface area contributed by atoms with Gasteiger partial charge in [-0.3, -0.25) is 9.67 Å². The Morgan fingerprint density at radius 3 is 2.61 bits per heavy atom. The summed E-state index contributed by atoms with van der Waals surface area (Å²) in [5, 5.41) is 12.3. The molecule has 1 aromatic carbocycles. The topological polar surface area (TPSA) is 100 Å². The van der Waals surface area contributed by atoms with Crippen LogP contribution in [0.25, 0.3) is 44.6 Å². The van der Waals surface area contributed by atoms with E-state index in [9.17, 15) is 4.39 Å². The smallest absolute Gasteiger partial charge is 0.222 e. The minimum absolute atomic E-state index is 0.129. The lowest BCUT2D eigenvalue weighted by atomic mass is 10.0. The van der Waals surface area contributed by atoms with Crippen LogP contribution in [0.1, 0.15) is 18.5 Å². The molecule has 0 fully saturated rings. The van der Waals surface area contributed by atoms with Gasteiger partial charge in [0.1, 0.15) is 11.6 Å². The van der Waals surface area contributed by atoms with Gasteiger partial charge >= 0.3 is 0 Å². The minimum Gasteiger partial charge on any atom is -0.275 e. The van der Waals surface area contributed by atoms with E-state index < -0.39 is 23.6 Å². The Hall–Kier alpha value is -4.74. The lowest BCUT2D eigenvalue weighted by Crippen LogP contribution is -2.14. The van der Waals surface area contributed by atoms with Crippen LogP contribution in [0.15, 0.2) is 55.2 Å². The van der Waals surface area contributed by atoms with Gasteiger partial charge in [-0.2, -0.15) is 9.49 Å². The van der Waals surface area contributed by atoms with E-state index in [1.807, 2.05) is 0 Å². The van der Waals surface area contributed by atoms with Crippen molar-refractivity contribution in [2.45, 2.75) is 13.0 Å². The summed E-state index contributed by atoms with van der Waals surface area (Å²) >= 11 is 0. The molecule has 12 heteroatoms. The fourth-order valence-electron chi connectivity index (χ4n) is 4.15. The summed E-state index contributed by atoms with van der Waals surface area (Å²) in [6.07, 6.45) is 7.61. The molecule has 0 N–H and O–H groups in total. The van der Waals surface area contributed by atoms with E-state index in [4.69, 9.17) is 0 Å². The number of hydrogen-bond acceptors (Lipinski definition) is 7. The Kier molecular flexibility index (Phi) is 4.95. The first-order chi connectivity index (χ1) is 17.4. The second kappa shape index (κ2) is 8.18. The maximum absolute atomic E-state index is 15.8. The van der Waals surface area contributed by atoms with Crippen LogP contribution in [0.5, 0.6) is 0 Å². The lowest BCUT2D eigenvalue weighted by molar-refractivity contribution is 0.484. The van der Waals surface area contributed by atoms with Crippen LogP contribution in [-0.4, -0.2) is 44.7 Å². The lowest BCUT2D eigenvalue weighted by Gasteiger charge is -2.16. The van der Waals surface area contributed by atoms with Gasteiger partial charge in [-0.1, -0.05) is 5.21 Å². The Balaban J connectivity index is 1.48. The van der Waals surface area contributed by atoms with E-state index in [0.29, 0.717) is 5.56 Å². The Morgan fingerprint density at radius 1 is 0.972 bits per heavy atom. The summed E-state index contributed by atoms with van der Waals surface area (Å²) in [5.74, 6) is -2.29. The van der Waals surface area contributed by atoms with Gasteiger partial charge in [0.2, 0.25) is 11.6 Å². The molecule has 0 aliphatic heterocycles. The van der Waals surface area contributed by atoms with E-state index in [1.165, 1.54) is 29.2 Å². The van der Waals surface area contributed by atoms with Crippen LogP contribution in [0, 0.1) is 17.6 Å². The number of hydrogen-bond donors (Lipinski definition) is 0. The summed E-state index contributed by atoms with van der Waals surface area (Å²) < 4.78 is 48.1. The minimum atomic E-state index is -0.954. The number of halogens is 3. The molecule has 0 spiro atoms. The van der Waals surface area contributed by atoms with Crippen molar-refractivity contribution in [1.82, 2.24) is 44.7 Å². The van der Waals surface area contributed by atoms with Gasteiger partial charge in [0.15, 0.2) is 5.65 Å². The summed E-state index contributed by atoms with van der Waals surface area (Å²) in [7, 11) is 1.77. The zero-order chi connectivity index (χ0) is 25.0. The summed E-state index contributed by atoms with van der Waals surface area (Å²) in [6, 6.07) is 4.90. The van der Waals surface area contributed by atoms with Crippen LogP contribution in [0.2, 0.25) is 0 Å². The van der Waals surface area contributed by atoms with Gasteiger partial charge in [0, 0.05) is 53.8 Å². The van der Waals surface area contributed by atoms with Gasteiger partial charge in [0.25, 0.3) is 0 Å². The highest BCUT2D eigenvalue weighted by Crippen LogP contribution is 2.32. The molecule has 0 bridgehead atoms. The van der Waals surface area contributed by atoms with Gasteiger partial charge in [0.05, 0.1) is 35.2 Å². The first kappa shape index (κ1) is 21.8. The quantitative estimate of drug-likeness (QED) is 0.343. The van der Waals surface area contributed by atoms with Crippen molar-refractivity contribution in [3.05, 3.63) is 78.4 Å². The Morgan fingerprint density at radius 2 is 1.83 bits per heavy atom. The standard InChI is InChI=1S/C24H16F3N9/c1-12(36-24-23(33-34-36)30-10-19(32-24)15-4-3-5-28-22(15)27)20-17(25)7-18-16(21(20)26)6-13(8-29-18)14-9-31-35(2)11-14/h3-12H,1-2H3. The van der Waals surface area contributed by atoms with E-state index in [0.717, 1.165) is 5.56 Å².